The Labute approximate surface area is 95.7 Å². The molecule has 0 saturated carbocycles. The zero-order valence-electron chi connectivity index (χ0n) is 10.3. The molecule has 5 heteroatoms. The lowest BCUT2D eigenvalue weighted by atomic mass is 9.94. The van der Waals surface area contributed by atoms with Gasteiger partial charge in [-0.15, -0.1) is 0 Å². The molecule has 0 aromatic heterocycles. The highest BCUT2D eigenvalue weighted by Crippen LogP contribution is 2.19. The van der Waals surface area contributed by atoms with Crippen LogP contribution in [0.25, 0.3) is 0 Å². The predicted octanol–water partition coefficient (Wildman–Crippen LogP) is 0.433. The quantitative estimate of drug-likeness (QED) is 0.612. The maximum absolute atomic E-state index is 12.0. The second-order valence-electron chi connectivity index (χ2n) is 4.88. The molecule has 5 nitrogen and oxygen atoms in total. The summed E-state index contributed by atoms with van der Waals surface area (Å²) in [7, 11) is 1.32. The Morgan fingerprint density at radius 2 is 2.00 bits per heavy atom. The molecule has 0 aromatic carbocycles. The Balaban J connectivity index is 2.64. The average Bonchev–Trinajstić information content (AvgIpc) is 2.26. The normalized spacial score (nSPS) is 21.8. The Morgan fingerprint density at radius 1 is 1.38 bits per heavy atom. The highest BCUT2D eigenvalue weighted by Gasteiger charge is 2.34. The smallest absolute Gasteiger partial charge is 0.336 e. The van der Waals surface area contributed by atoms with Crippen LogP contribution in [0.2, 0.25) is 0 Å². The van der Waals surface area contributed by atoms with Crippen molar-refractivity contribution in [3.8, 4) is 0 Å². The van der Waals surface area contributed by atoms with Gasteiger partial charge in [-0.25, -0.2) is 4.79 Å². The van der Waals surface area contributed by atoms with E-state index in [-0.39, 0.29) is 12.5 Å². The molecule has 1 aliphatic heterocycles. The van der Waals surface area contributed by atoms with Crippen molar-refractivity contribution < 1.29 is 19.1 Å². The highest BCUT2D eigenvalue weighted by molar-refractivity contribution is 5.83. The molecule has 0 N–H and O–H groups in total. The van der Waals surface area contributed by atoms with Crippen molar-refractivity contribution in [3.63, 3.8) is 0 Å². The van der Waals surface area contributed by atoms with Crippen LogP contribution in [-0.2, 0) is 19.1 Å². The molecule has 0 bridgehead atoms. The minimum atomic E-state index is -0.648. The van der Waals surface area contributed by atoms with Gasteiger partial charge in [0.25, 0.3) is 0 Å². The van der Waals surface area contributed by atoms with E-state index in [1.165, 1.54) is 7.11 Å². The first kappa shape index (κ1) is 13.0. The molecule has 0 radical (unpaired) electrons. The summed E-state index contributed by atoms with van der Waals surface area (Å²) in [5, 5.41) is 0. The van der Waals surface area contributed by atoms with Gasteiger partial charge in [0, 0.05) is 12.0 Å². The van der Waals surface area contributed by atoms with Crippen molar-refractivity contribution in [1.29, 1.82) is 0 Å². The van der Waals surface area contributed by atoms with Crippen LogP contribution in [0, 0.1) is 5.41 Å². The Hall–Kier alpha value is -1.10. The third-order valence-electron chi connectivity index (χ3n) is 2.46. The fourth-order valence-electron chi connectivity index (χ4n) is 1.58. The molecular weight excluding hydrogens is 210 g/mol. The second-order valence-corrected chi connectivity index (χ2v) is 4.88. The number of hydrogen-bond donors (Lipinski definition) is 0. The number of methoxy groups -OCH3 is 1. The van der Waals surface area contributed by atoms with Crippen molar-refractivity contribution in [3.05, 3.63) is 0 Å². The molecule has 0 aliphatic carbocycles. The number of hydrogen-bond acceptors (Lipinski definition) is 4. The van der Waals surface area contributed by atoms with Gasteiger partial charge in [0.05, 0.1) is 20.3 Å². The number of esters is 1. The standard InChI is InChI=1S/C11H19NO4/c1-11(2,3)10(14)12-5-6-16-8(7-12)9(13)15-4/h8H,5-7H2,1-4H3. The maximum atomic E-state index is 12.0. The minimum Gasteiger partial charge on any atom is -0.467 e. The number of carbonyl (C=O) groups excluding carboxylic acids is 2. The SMILES string of the molecule is COC(=O)C1CN(C(=O)C(C)(C)C)CCO1. The second kappa shape index (κ2) is 4.82. The molecule has 1 amide bonds. The van der Waals surface area contributed by atoms with Crippen LogP contribution in [0.1, 0.15) is 20.8 Å². The number of carbonyl (C=O) groups is 2. The molecule has 1 saturated heterocycles. The van der Waals surface area contributed by atoms with Gasteiger partial charge in [0.2, 0.25) is 5.91 Å². The van der Waals surface area contributed by atoms with Gasteiger partial charge in [0.1, 0.15) is 0 Å². The molecule has 16 heavy (non-hydrogen) atoms. The van der Waals surface area contributed by atoms with Crippen LogP contribution in [0.15, 0.2) is 0 Å². The first-order valence-corrected chi connectivity index (χ1v) is 5.35. The van der Waals surface area contributed by atoms with E-state index in [9.17, 15) is 9.59 Å². The van der Waals surface area contributed by atoms with Crippen LogP contribution in [-0.4, -0.2) is 49.7 Å². The monoisotopic (exact) mass is 229 g/mol. The first-order valence-electron chi connectivity index (χ1n) is 5.35. The van der Waals surface area contributed by atoms with Crippen LogP contribution >= 0.6 is 0 Å². The van der Waals surface area contributed by atoms with Gasteiger partial charge in [0.15, 0.2) is 6.10 Å². The van der Waals surface area contributed by atoms with E-state index in [0.717, 1.165) is 0 Å². The van der Waals surface area contributed by atoms with Crippen molar-refractivity contribution in [2.75, 3.05) is 26.8 Å². The van der Waals surface area contributed by atoms with Crippen molar-refractivity contribution in [1.82, 2.24) is 4.90 Å². The van der Waals surface area contributed by atoms with Crippen LogP contribution in [0.4, 0.5) is 0 Å². The lowest BCUT2D eigenvalue weighted by molar-refractivity contribution is -0.164. The summed E-state index contributed by atoms with van der Waals surface area (Å²) in [5.74, 6) is -0.392. The van der Waals surface area contributed by atoms with Gasteiger partial charge in [-0.2, -0.15) is 0 Å². The van der Waals surface area contributed by atoms with Crippen molar-refractivity contribution in [2.24, 2.45) is 5.41 Å². The third-order valence-corrected chi connectivity index (χ3v) is 2.46. The van der Waals surface area contributed by atoms with Gasteiger partial charge in [-0.3, -0.25) is 4.79 Å². The lowest BCUT2D eigenvalue weighted by Gasteiger charge is -2.35. The number of rotatable bonds is 1. The maximum Gasteiger partial charge on any atom is 0.336 e. The largest absolute Gasteiger partial charge is 0.467 e. The zero-order valence-corrected chi connectivity index (χ0v) is 10.3. The summed E-state index contributed by atoms with van der Waals surface area (Å²) in [6, 6.07) is 0. The first-order chi connectivity index (χ1) is 7.36. The Bertz CT molecular complexity index is 282. The van der Waals surface area contributed by atoms with Gasteiger partial charge >= 0.3 is 5.97 Å². The summed E-state index contributed by atoms with van der Waals surface area (Å²) in [4.78, 5) is 25.0. The number of nitrogens with zero attached hydrogens (tertiary/aromatic N) is 1. The predicted molar refractivity (Wildman–Crippen MR) is 57.8 cm³/mol. The van der Waals surface area contributed by atoms with Crippen molar-refractivity contribution >= 4 is 11.9 Å². The molecule has 92 valence electrons. The number of ether oxygens (including phenoxy) is 2. The fraction of sp³-hybridized carbons (Fsp3) is 0.818. The van der Waals surface area contributed by atoms with E-state index in [1.54, 1.807) is 4.90 Å². The molecule has 1 fully saturated rings. The Morgan fingerprint density at radius 3 is 2.50 bits per heavy atom. The van der Waals surface area contributed by atoms with E-state index in [1.807, 2.05) is 20.8 Å². The van der Waals surface area contributed by atoms with Gasteiger partial charge in [-0.05, 0) is 0 Å². The van der Waals surface area contributed by atoms with E-state index < -0.39 is 17.5 Å². The molecule has 0 spiro atoms. The molecular formula is C11H19NO4. The minimum absolute atomic E-state index is 0.0321. The fourth-order valence-corrected chi connectivity index (χ4v) is 1.58. The molecule has 1 heterocycles. The molecule has 1 atom stereocenters. The summed E-state index contributed by atoms with van der Waals surface area (Å²) in [6.45, 7) is 6.77. The summed E-state index contributed by atoms with van der Waals surface area (Å²) >= 11 is 0. The molecule has 1 unspecified atom stereocenters. The molecule has 0 aromatic rings. The number of amides is 1. The molecule has 1 aliphatic rings. The van der Waals surface area contributed by atoms with E-state index in [2.05, 4.69) is 4.74 Å². The van der Waals surface area contributed by atoms with E-state index >= 15 is 0 Å². The topological polar surface area (TPSA) is 55.8 Å². The van der Waals surface area contributed by atoms with Crippen LogP contribution in [0.3, 0.4) is 0 Å². The molecule has 1 rings (SSSR count). The van der Waals surface area contributed by atoms with Crippen LogP contribution in [0.5, 0.6) is 0 Å². The van der Waals surface area contributed by atoms with E-state index in [0.29, 0.717) is 13.2 Å². The van der Waals surface area contributed by atoms with Gasteiger partial charge < -0.3 is 14.4 Å². The summed E-state index contributed by atoms with van der Waals surface area (Å²) < 4.78 is 9.86. The average molecular weight is 229 g/mol. The summed E-state index contributed by atoms with van der Waals surface area (Å²) in [6.07, 6.45) is -0.648. The summed E-state index contributed by atoms with van der Waals surface area (Å²) in [5.41, 5.74) is -0.433. The van der Waals surface area contributed by atoms with E-state index in [4.69, 9.17) is 4.74 Å². The van der Waals surface area contributed by atoms with Gasteiger partial charge in [-0.1, -0.05) is 20.8 Å². The van der Waals surface area contributed by atoms with Crippen molar-refractivity contribution in [2.45, 2.75) is 26.9 Å². The highest BCUT2D eigenvalue weighted by atomic mass is 16.6. The lowest BCUT2D eigenvalue weighted by Crippen LogP contribution is -2.51. The third kappa shape index (κ3) is 2.95. The van der Waals surface area contributed by atoms with Crippen LogP contribution < -0.4 is 0 Å². The number of morpholine rings is 1. The zero-order chi connectivity index (χ0) is 12.3. The Kier molecular flexibility index (Phi) is 3.91.